The summed E-state index contributed by atoms with van der Waals surface area (Å²) in [6.07, 6.45) is 2.28. The van der Waals surface area contributed by atoms with E-state index in [0.29, 0.717) is 30.0 Å². The Labute approximate surface area is 136 Å². The minimum Gasteiger partial charge on any atom is -0.496 e. The molecule has 2 heterocycles. The Morgan fingerprint density at radius 2 is 2.17 bits per heavy atom. The van der Waals surface area contributed by atoms with Crippen molar-refractivity contribution in [3.05, 3.63) is 30.2 Å². The van der Waals surface area contributed by atoms with Crippen LogP contribution in [0.25, 0.3) is 11.5 Å². The molecule has 1 fully saturated rings. The third kappa shape index (κ3) is 3.38. The summed E-state index contributed by atoms with van der Waals surface area (Å²) < 4.78 is 11.2. The van der Waals surface area contributed by atoms with Crippen LogP contribution in [0.1, 0.15) is 25.7 Å². The van der Waals surface area contributed by atoms with Crippen molar-refractivity contribution in [1.29, 1.82) is 0 Å². The van der Waals surface area contributed by atoms with Crippen LogP contribution in [0.4, 0.5) is 0 Å². The molecule has 0 saturated carbocycles. The van der Waals surface area contributed by atoms with Gasteiger partial charge in [-0.15, -0.1) is 10.2 Å². The number of piperidine rings is 1. The molecule has 0 amide bonds. The summed E-state index contributed by atoms with van der Waals surface area (Å²) in [6.45, 7) is 3.86. The monoisotopic (exact) mass is 317 g/mol. The number of hydrogen-bond acceptors (Lipinski definition) is 6. The van der Waals surface area contributed by atoms with Crippen LogP contribution in [0.5, 0.6) is 5.75 Å². The highest BCUT2D eigenvalue weighted by molar-refractivity contribution is 5.62. The van der Waals surface area contributed by atoms with Crippen LogP contribution >= 0.6 is 0 Å². The van der Waals surface area contributed by atoms with E-state index >= 15 is 0 Å². The molecule has 124 valence electrons. The van der Waals surface area contributed by atoms with Crippen molar-refractivity contribution in [2.45, 2.75) is 32.4 Å². The van der Waals surface area contributed by atoms with Crippen molar-refractivity contribution in [1.82, 2.24) is 15.1 Å². The molecule has 1 N–H and O–H groups in total. The van der Waals surface area contributed by atoms with Crippen molar-refractivity contribution in [2.75, 3.05) is 20.3 Å². The van der Waals surface area contributed by atoms with Gasteiger partial charge in [-0.2, -0.15) is 0 Å². The molecule has 1 aliphatic heterocycles. The quantitative estimate of drug-likeness (QED) is 0.912. The van der Waals surface area contributed by atoms with Gasteiger partial charge >= 0.3 is 0 Å². The molecule has 1 aromatic heterocycles. The Bertz CT molecular complexity index is 644. The molecule has 0 bridgehead atoms. The lowest BCUT2D eigenvalue weighted by atomic mass is 9.91. The number of ether oxygens (including phenoxy) is 1. The molecular weight excluding hydrogens is 294 g/mol. The SMILES string of the molecule is COc1ccccc1-c1nnc(CN2CCCC(C)C2CO)o1. The zero-order chi connectivity index (χ0) is 16.2. The maximum atomic E-state index is 9.64. The Balaban J connectivity index is 1.77. The van der Waals surface area contributed by atoms with Crippen molar-refractivity contribution in [3.8, 4) is 17.2 Å². The lowest BCUT2D eigenvalue weighted by Crippen LogP contribution is -2.46. The number of methoxy groups -OCH3 is 1. The summed E-state index contributed by atoms with van der Waals surface area (Å²) in [5, 5.41) is 17.9. The molecule has 0 radical (unpaired) electrons. The van der Waals surface area contributed by atoms with E-state index in [0.717, 1.165) is 24.9 Å². The van der Waals surface area contributed by atoms with Gasteiger partial charge in [0.25, 0.3) is 5.89 Å². The lowest BCUT2D eigenvalue weighted by molar-refractivity contribution is 0.0415. The highest BCUT2D eigenvalue weighted by Crippen LogP contribution is 2.29. The molecule has 1 saturated heterocycles. The number of aliphatic hydroxyl groups excluding tert-OH is 1. The molecule has 3 rings (SSSR count). The fourth-order valence-electron chi connectivity index (χ4n) is 3.25. The molecule has 1 aliphatic rings. The molecule has 1 aromatic carbocycles. The minimum atomic E-state index is 0.158. The first-order valence-electron chi connectivity index (χ1n) is 8.03. The van der Waals surface area contributed by atoms with Gasteiger partial charge in [0.1, 0.15) is 5.75 Å². The van der Waals surface area contributed by atoms with Crippen molar-refractivity contribution in [3.63, 3.8) is 0 Å². The fraction of sp³-hybridized carbons (Fsp3) is 0.529. The molecule has 6 heteroatoms. The zero-order valence-corrected chi connectivity index (χ0v) is 13.6. The average Bonchev–Trinajstić information content (AvgIpc) is 3.03. The van der Waals surface area contributed by atoms with Crippen LogP contribution in [-0.4, -0.2) is 46.5 Å². The minimum absolute atomic E-state index is 0.158. The van der Waals surface area contributed by atoms with E-state index in [1.807, 2.05) is 24.3 Å². The molecule has 23 heavy (non-hydrogen) atoms. The first-order chi connectivity index (χ1) is 11.2. The number of nitrogens with zero attached hydrogens (tertiary/aromatic N) is 3. The summed E-state index contributed by atoms with van der Waals surface area (Å²) >= 11 is 0. The topological polar surface area (TPSA) is 71.6 Å². The van der Waals surface area contributed by atoms with E-state index < -0.39 is 0 Å². The van der Waals surface area contributed by atoms with E-state index in [9.17, 15) is 5.11 Å². The number of para-hydroxylation sites is 1. The first-order valence-corrected chi connectivity index (χ1v) is 8.03. The lowest BCUT2D eigenvalue weighted by Gasteiger charge is -2.38. The predicted molar refractivity (Wildman–Crippen MR) is 86.0 cm³/mol. The van der Waals surface area contributed by atoms with Crippen LogP contribution in [0.15, 0.2) is 28.7 Å². The summed E-state index contributed by atoms with van der Waals surface area (Å²) in [7, 11) is 1.62. The van der Waals surface area contributed by atoms with E-state index in [-0.39, 0.29) is 12.6 Å². The van der Waals surface area contributed by atoms with Crippen molar-refractivity contribution >= 4 is 0 Å². The van der Waals surface area contributed by atoms with Crippen LogP contribution in [0.3, 0.4) is 0 Å². The number of hydrogen-bond donors (Lipinski definition) is 1. The predicted octanol–water partition coefficient (Wildman–Crippen LogP) is 2.34. The normalized spacial score (nSPS) is 22.2. The maximum absolute atomic E-state index is 9.64. The van der Waals surface area contributed by atoms with Crippen LogP contribution < -0.4 is 4.74 Å². The van der Waals surface area contributed by atoms with Gasteiger partial charge in [0.05, 0.1) is 25.8 Å². The number of aliphatic hydroxyl groups is 1. The highest BCUT2D eigenvalue weighted by Gasteiger charge is 2.29. The Morgan fingerprint density at radius 1 is 1.35 bits per heavy atom. The summed E-state index contributed by atoms with van der Waals surface area (Å²) in [6, 6.07) is 7.74. The van der Waals surface area contributed by atoms with E-state index in [1.165, 1.54) is 0 Å². The van der Waals surface area contributed by atoms with E-state index in [2.05, 4.69) is 22.0 Å². The molecule has 2 aromatic rings. The second kappa shape index (κ2) is 7.10. The number of benzene rings is 1. The third-order valence-electron chi connectivity index (χ3n) is 4.56. The molecule has 2 unspecified atom stereocenters. The number of likely N-dealkylation sites (tertiary alicyclic amines) is 1. The van der Waals surface area contributed by atoms with Crippen molar-refractivity contribution < 1.29 is 14.3 Å². The molecule has 0 aliphatic carbocycles. The van der Waals surface area contributed by atoms with Crippen LogP contribution in [-0.2, 0) is 6.54 Å². The standard InChI is InChI=1S/C17H23N3O3/c1-12-6-5-9-20(14(12)11-21)10-16-18-19-17(23-16)13-7-3-4-8-15(13)22-2/h3-4,7-8,12,14,21H,5-6,9-11H2,1-2H3. The van der Waals surface area contributed by atoms with Gasteiger partial charge in [0.15, 0.2) is 0 Å². The number of aromatic nitrogens is 2. The van der Waals surface area contributed by atoms with Crippen molar-refractivity contribution in [2.24, 2.45) is 5.92 Å². The summed E-state index contributed by atoms with van der Waals surface area (Å²) in [5.41, 5.74) is 0.791. The van der Waals surface area contributed by atoms with Crippen LogP contribution in [0, 0.1) is 5.92 Å². The summed E-state index contributed by atoms with van der Waals surface area (Å²) in [5.74, 6) is 2.22. The highest BCUT2D eigenvalue weighted by atomic mass is 16.5. The Morgan fingerprint density at radius 3 is 2.96 bits per heavy atom. The van der Waals surface area contributed by atoms with Gasteiger partial charge in [-0.1, -0.05) is 19.1 Å². The molecule has 2 atom stereocenters. The summed E-state index contributed by atoms with van der Waals surface area (Å²) in [4.78, 5) is 2.23. The second-order valence-electron chi connectivity index (χ2n) is 6.04. The molecular formula is C17H23N3O3. The van der Waals surface area contributed by atoms with Gasteiger partial charge in [0, 0.05) is 6.04 Å². The van der Waals surface area contributed by atoms with Crippen LogP contribution in [0.2, 0.25) is 0 Å². The van der Waals surface area contributed by atoms with Gasteiger partial charge in [-0.05, 0) is 37.4 Å². The average molecular weight is 317 g/mol. The van der Waals surface area contributed by atoms with E-state index in [4.69, 9.17) is 9.15 Å². The van der Waals surface area contributed by atoms with Gasteiger partial charge in [-0.3, -0.25) is 4.90 Å². The fourth-order valence-corrected chi connectivity index (χ4v) is 3.25. The van der Waals surface area contributed by atoms with Gasteiger partial charge in [-0.25, -0.2) is 0 Å². The molecule has 0 spiro atoms. The first kappa shape index (κ1) is 16.0. The smallest absolute Gasteiger partial charge is 0.251 e. The Hall–Kier alpha value is -1.92. The van der Waals surface area contributed by atoms with Gasteiger partial charge in [0.2, 0.25) is 5.89 Å². The molecule has 6 nitrogen and oxygen atoms in total. The number of rotatable bonds is 5. The largest absolute Gasteiger partial charge is 0.496 e. The third-order valence-corrected chi connectivity index (χ3v) is 4.56. The second-order valence-corrected chi connectivity index (χ2v) is 6.04. The zero-order valence-electron chi connectivity index (χ0n) is 13.6. The van der Waals surface area contributed by atoms with Gasteiger partial charge < -0.3 is 14.3 Å². The maximum Gasteiger partial charge on any atom is 0.251 e. The Kier molecular flexibility index (Phi) is 4.93. The van der Waals surface area contributed by atoms with E-state index in [1.54, 1.807) is 7.11 Å².